The van der Waals surface area contributed by atoms with Crippen LogP contribution < -0.4 is 5.32 Å². The van der Waals surface area contributed by atoms with E-state index in [0.29, 0.717) is 17.7 Å². The molecule has 1 unspecified atom stereocenters. The first-order chi connectivity index (χ1) is 9.52. The minimum atomic E-state index is -0.603. The minimum absolute atomic E-state index is 0.0904. The average molecular weight is 279 g/mol. The Kier molecular flexibility index (Phi) is 4.55. The van der Waals surface area contributed by atoms with E-state index in [1.807, 2.05) is 13.8 Å². The van der Waals surface area contributed by atoms with Crippen molar-refractivity contribution in [3.05, 3.63) is 47.2 Å². The first kappa shape index (κ1) is 14.7. The Hall–Kier alpha value is -1.68. The number of hydrogen-bond acceptors (Lipinski definition) is 2. The fourth-order valence-corrected chi connectivity index (χ4v) is 2.23. The van der Waals surface area contributed by atoms with E-state index in [1.165, 1.54) is 12.1 Å². The highest BCUT2D eigenvalue weighted by Gasteiger charge is 2.17. The van der Waals surface area contributed by atoms with Gasteiger partial charge in [0, 0.05) is 12.5 Å². The van der Waals surface area contributed by atoms with Crippen molar-refractivity contribution in [3.63, 3.8) is 0 Å². The lowest BCUT2D eigenvalue weighted by atomic mass is 10.1. The molecule has 0 aliphatic rings. The van der Waals surface area contributed by atoms with Crippen LogP contribution in [0.25, 0.3) is 11.3 Å². The summed E-state index contributed by atoms with van der Waals surface area (Å²) in [5, 5.41) is 3.27. The van der Waals surface area contributed by atoms with Gasteiger partial charge >= 0.3 is 0 Å². The number of hydrogen-bond donors (Lipinski definition) is 1. The van der Waals surface area contributed by atoms with Gasteiger partial charge in [0.05, 0.1) is 5.56 Å². The van der Waals surface area contributed by atoms with Crippen LogP contribution in [0.15, 0.2) is 28.7 Å². The van der Waals surface area contributed by atoms with Crippen LogP contribution in [0.3, 0.4) is 0 Å². The van der Waals surface area contributed by atoms with Crippen LogP contribution in [-0.2, 0) is 6.42 Å². The lowest BCUT2D eigenvalue weighted by Crippen LogP contribution is -2.27. The number of nitrogens with one attached hydrogen (secondary N) is 1. The predicted octanol–water partition coefficient (Wildman–Crippen LogP) is 4.07. The van der Waals surface area contributed by atoms with Gasteiger partial charge in [-0.1, -0.05) is 13.0 Å². The summed E-state index contributed by atoms with van der Waals surface area (Å²) in [5.41, 5.74) is 0.313. The van der Waals surface area contributed by atoms with E-state index in [-0.39, 0.29) is 17.4 Å². The summed E-state index contributed by atoms with van der Waals surface area (Å²) in [5.74, 6) is -0.212. The Morgan fingerprint density at radius 3 is 2.65 bits per heavy atom. The van der Waals surface area contributed by atoms with Crippen molar-refractivity contribution in [2.45, 2.75) is 33.2 Å². The third-order valence-electron chi connectivity index (χ3n) is 3.25. The quantitative estimate of drug-likeness (QED) is 0.892. The third-order valence-corrected chi connectivity index (χ3v) is 3.25. The summed E-state index contributed by atoms with van der Waals surface area (Å²) < 4.78 is 33.4. The van der Waals surface area contributed by atoms with Crippen LogP contribution >= 0.6 is 0 Å². The average Bonchev–Trinajstić information content (AvgIpc) is 2.83. The van der Waals surface area contributed by atoms with Crippen LogP contribution in [-0.4, -0.2) is 12.6 Å². The van der Waals surface area contributed by atoms with Crippen LogP contribution in [0.2, 0.25) is 0 Å². The van der Waals surface area contributed by atoms with Crippen molar-refractivity contribution in [2.75, 3.05) is 6.54 Å². The molecule has 2 aromatic rings. The monoisotopic (exact) mass is 279 g/mol. The van der Waals surface area contributed by atoms with Gasteiger partial charge < -0.3 is 9.73 Å². The summed E-state index contributed by atoms with van der Waals surface area (Å²) in [7, 11) is 0. The molecule has 1 heterocycles. The van der Waals surface area contributed by atoms with E-state index in [0.717, 1.165) is 6.54 Å². The molecule has 0 bridgehead atoms. The number of halogens is 2. The zero-order valence-corrected chi connectivity index (χ0v) is 12.0. The standard InChI is InChI=1S/C16H19F2NO/c1-4-19-11(3)9-12-6-8-14(20-12)15-13(17)7-5-10(2)16(15)18/h5-8,11,19H,4,9H2,1-3H3. The first-order valence-electron chi connectivity index (χ1n) is 6.80. The lowest BCUT2D eigenvalue weighted by molar-refractivity contribution is 0.465. The fourth-order valence-electron chi connectivity index (χ4n) is 2.23. The molecule has 0 spiro atoms. The molecule has 0 amide bonds. The summed E-state index contributed by atoms with van der Waals surface area (Å²) >= 11 is 0. The largest absolute Gasteiger partial charge is 0.461 e. The highest BCUT2D eigenvalue weighted by molar-refractivity contribution is 5.60. The summed E-state index contributed by atoms with van der Waals surface area (Å²) in [6.07, 6.45) is 0.683. The van der Waals surface area contributed by atoms with E-state index in [2.05, 4.69) is 5.32 Å². The highest BCUT2D eigenvalue weighted by atomic mass is 19.1. The number of rotatable bonds is 5. The molecule has 1 aromatic carbocycles. The van der Waals surface area contributed by atoms with Gasteiger partial charge in [-0.25, -0.2) is 8.78 Å². The van der Waals surface area contributed by atoms with Crippen LogP contribution in [0.4, 0.5) is 8.78 Å². The fraction of sp³-hybridized carbons (Fsp3) is 0.375. The van der Waals surface area contributed by atoms with Crippen molar-refractivity contribution in [1.82, 2.24) is 5.32 Å². The first-order valence-corrected chi connectivity index (χ1v) is 6.80. The number of furan rings is 1. The van der Waals surface area contributed by atoms with Crippen LogP contribution in [0.1, 0.15) is 25.2 Å². The van der Waals surface area contributed by atoms with Gasteiger partial charge in [-0.3, -0.25) is 0 Å². The molecule has 0 aliphatic heterocycles. The maximum absolute atomic E-state index is 14.0. The number of aryl methyl sites for hydroxylation is 1. The molecule has 4 heteroatoms. The van der Waals surface area contributed by atoms with E-state index < -0.39 is 11.6 Å². The highest BCUT2D eigenvalue weighted by Crippen LogP contribution is 2.29. The Morgan fingerprint density at radius 1 is 1.20 bits per heavy atom. The van der Waals surface area contributed by atoms with Crippen molar-refractivity contribution < 1.29 is 13.2 Å². The molecular weight excluding hydrogens is 260 g/mol. The van der Waals surface area contributed by atoms with Gasteiger partial charge in [-0.15, -0.1) is 0 Å². The van der Waals surface area contributed by atoms with Crippen molar-refractivity contribution in [2.24, 2.45) is 0 Å². The summed E-state index contributed by atoms with van der Waals surface area (Å²) in [6, 6.07) is 6.33. The van der Waals surface area contributed by atoms with E-state index >= 15 is 0 Å². The Morgan fingerprint density at radius 2 is 1.95 bits per heavy atom. The van der Waals surface area contributed by atoms with Crippen LogP contribution in [0, 0.1) is 18.6 Å². The van der Waals surface area contributed by atoms with E-state index in [1.54, 1.807) is 19.1 Å². The smallest absolute Gasteiger partial charge is 0.140 e. The third kappa shape index (κ3) is 3.07. The molecule has 20 heavy (non-hydrogen) atoms. The van der Waals surface area contributed by atoms with Crippen molar-refractivity contribution in [3.8, 4) is 11.3 Å². The van der Waals surface area contributed by atoms with Gasteiger partial charge in [0.1, 0.15) is 23.2 Å². The van der Waals surface area contributed by atoms with Crippen molar-refractivity contribution >= 4 is 0 Å². The lowest BCUT2D eigenvalue weighted by Gasteiger charge is -2.09. The molecule has 1 atom stereocenters. The molecule has 2 rings (SSSR count). The summed E-state index contributed by atoms with van der Waals surface area (Å²) in [6.45, 7) is 6.55. The molecule has 0 fully saturated rings. The Labute approximate surface area is 117 Å². The topological polar surface area (TPSA) is 25.2 Å². The van der Waals surface area contributed by atoms with E-state index in [9.17, 15) is 8.78 Å². The second-order valence-corrected chi connectivity index (χ2v) is 4.98. The second-order valence-electron chi connectivity index (χ2n) is 4.98. The Bertz CT molecular complexity index is 592. The summed E-state index contributed by atoms with van der Waals surface area (Å²) in [4.78, 5) is 0. The molecule has 1 N–H and O–H groups in total. The molecule has 1 aromatic heterocycles. The molecule has 108 valence electrons. The Balaban J connectivity index is 2.27. The van der Waals surface area contributed by atoms with Crippen LogP contribution in [0.5, 0.6) is 0 Å². The molecule has 0 aliphatic carbocycles. The molecule has 0 radical (unpaired) electrons. The minimum Gasteiger partial charge on any atom is -0.461 e. The molecule has 0 saturated heterocycles. The van der Waals surface area contributed by atoms with Gasteiger partial charge in [-0.05, 0) is 44.2 Å². The number of benzene rings is 1. The SMILES string of the molecule is CCNC(C)Cc1ccc(-c2c(F)ccc(C)c2F)o1. The van der Waals surface area contributed by atoms with Gasteiger partial charge in [-0.2, -0.15) is 0 Å². The second kappa shape index (κ2) is 6.18. The molecule has 0 saturated carbocycles. The van der Waals surface area contributed by atoms with Gasteiger partial charge in [0.25, 0.3) is 0 Å². The van der Waals surface area contributed by atoms with E-state index in [4.69, 9.17) is 4.42 Å². The zero-order valence-electron chi connectivity index (χ0n) is 12.0. The van der Waals surface area contributed by atoms with Gasteiger partial charge in [0.2, 0.25) is 0 Å². The maximum atomic E-state index is 14.0. The molecular formula is C16H19F2NO. The predicted molar refractivity (Wildman–Crippen MR) is 75.6 cm³/mol. The van der Waals surface area contributed by atoms with Gasteiger partial charge in [0.15, 0.2) is 0 Å². The maximum Gasteiger partial charge on any atom is 0.140 e. The number of likely N-dealkylation sites (N-methyl/N-ethyl adjacent to an activating group) is 1. The van der Waals surface area contributed by atoms with Crippen molar-refractivity contribution in [1.29, 1.82) is 0 Å². The molecule has 2 nitrogen and oxygen atoms in total. The zero-order chi connectivity index (χ0) is 14.7. The normalized spacial score (nSPS) is 12.7.